The van der Waals surface area contributed by atoms with Crippen molar-refractivity contribution in [1.29, 1.82) is 0 Å². The maximum absolute atomic E-state index is 5.19. The molecule has 10 aromatic rings. The molecule has 0 fully saturated rings. The molecule has 1 aromatic heterocycles. The number of hydrogen-bond donors (Lipinski definition) is 0. The van der Waals surface area contributed by atoms with Crippen molar-refractivity contribution in [1.82, 2.24) is 15.0 Å². The van der Waals surface area contributed by atoms with E-state index in [-0.39, 0.29) is 0 Å². The molecule has 242 valence electrons. The summed E-state index contributed by atoms with van der Waals surface area (Å²) in [4.78, 5) is 15.5. The number of rotatable bonds is 5. The highest BCUT2D eigenvalue weighted by Crippen LogP contribution is 2.35. The molecule has 0 radical (unpaired) electrons. The zero-order chi connectivity index (χ0) is 34.4. The highest BCUT2D eigenvalue weighted by atomic mass is 15.0. The Kier molecular flexibility index (Phi) is 7.14. The number of nitrogens with zero attached hydrogens (tertiary/aromatic N) is 3. The van der Waals surface area contributed by atoms with Gasteiger partial charge in [-0.1, -0.05) is 164 Å². The Bertz CT molecular complexity index is 2970. The summed E-state index contributed by atoms with van der Waals surface area (Å²) in [6, 6.07) is 66.5. The Balaban J connectivity index is 1.11. The molecule has 10 rings (SSSR count). The molecule has 0 aliphatic heterocycles. The van der Waals surface area contributed by atoms with Crippen molar-refractivity contribution < 1.29 is 0 Å². The second kappa shape index (κ2) is 12.4. The molecule has 3 nitrogen and oxygen atoms in total. The lowest BCUT2D eigenvalue weighted by Gasteiger charge is -2.12. The van der Waals surface area contributed by atoms with E-state index in [1.165, 1.54) is 43.4 Å². The van der Waals surface area contributed by atoms with E-state index in [9.17, 15) is 0 Å². The van der Waals surface area contributed by atoms with Gasteiger partial charge in [0.05, 0.1) is 0 Å². The largest absolute Gasteiger partial charge is 0.208 e. The summed E-state index contributed by atoms with van der Waals surface area (Å²) in [6.07, 6.45) is 0. The van der Waals surface area contributed by atoms with Crippen molar-refractivity contribution in [3.63, 3.8) is 0 Å². The highest BCUT2D eigenvalue weighted by Gasteiger charge is 2.16. The van der Waals surface area contributed by atoms with E-state index in [1.807, 2.05) is 0 Å². The van der Waals surface area contributed by atoms with Crippen LogP contribution < -0.4 is 0 Å². The predicted molar refractivity (Wildman–Crippen MR) is 217 cm³/mol. The lowest BCUT2D eigenvalue weighted by Crippen LogP contribution is -2.01. The first-order valence-electron chi connectivity index (χ1n) is 17.6. The Hall–Kier alpha value is -6.97. The maximum Gasteiger partial charge on any atom is 0.164 e. The highest BCUT2D eigenvalue weighted by molar-refractivity contribution is 6.11. The Morgan fingerprint density at radius 3 is 1.52 bits per heavy atom. The molecule has 52 heavy (non-hydrogen) atoms. The molecular formula is C49H31N3. The molecule has 0 spiro atoms. The minimum atomic E-state index is 0.640. The standard InChI is InChI=1S/C49H31N3/c1-2-10-32(11-3-1)37-21-22-40-29-38(23-24-39(40)28-37)36-15-8-16-41(31-36)47-50-48(42-25-20-33-12-4-5-14-35(33)30-42)52-49(51-47)46-19-9-18-44-43-17-7-6-13-34(43)26-27-45(44)46/h1-31H. The fraction of sp³-hybridized carbons (Fsp3) is 0. The van der Waals surface area contributed by atoms with Gasteiger partial charge in [-0.15, -0.1) is 0 Å². The fourth-order valence-corrected chi connectivity index (χ4v) is 7.39. The molecule has 3 heteroatoms. The molecule has 9 aromatic carbocycles. The molecule has 1 heterocycles. The van der Waals surface area contributed by atoms with Gasteiger partial charge in [0, 0.05) is 16.7 Å². The van der Waals surface area contributed by atoms with Crippen LogP contribution in [0, 0.1) is 0 Å². The van der Waals surface area contributed by atoms with Crippen LogP contribution in [0.25, 0.3) is 99.5 Å². The van der Waals surface area contributed by atoms with E-state index >= 15 is 0 Å². The van der Waals surface area contributed by atoms with Gasteiger partial charge in [-0.3, -0.25) is 0 Å². The van der Waals surface area contributed by atoms with Crippen LogP contribution >= 0.6 is 0 Å². The summed E-state index contributed by atoms with van der Waals surface area (Å²) in [5, 5.41) is 9.46. The minimum absolute atomic E-state index is 0.640. The molecule has 0 aliphatic carbocycles. The van der Waals surface area contributed by atoms with Gasteiger partial charge in [0.2, 0.25) is 0 Å². The van der Waals surface area contributed by atoms with Crippen molar-refractivity contribution in [3.05, 3.63) is 188 Å². The van der Waals surface area contributed by atoms with Crippen molar-refractivity contribution in [3.8, 4) is 56.4 Å². The van der Waals surface area contributed by atoms with Gasteiger partial charge in [0.15, 0.2) is 17.5 Å². The van der Waals surface area contributed by atoms with E-state index in [1.54, 1.807) is 0 Å². The molecule has 0 amide bonds. The Labute approximate surface area is 301 Å². The average Bonchev–Trinajstić information content (AvgIpc) is 3.23. The average molecular weight is 662 g/mol. The third-order valence-electron chi connectivity index (χ3n) is 10.1. The fourth-order valence-electron chi connectivity index (χ4n) is 7.39. The van der Waals surface area contributed by atoms with Crippen LogP contribution in [0.5, 0.6) is 0 Å². The quantitative estimate of drug-likeness (QED) is 0.172. The first-order valence-corrected chi connectivity index (χ1v) is 17.6. The predicted octanol–water partition coefficient (Wildman–Crippen LogP) is 12.8. The number of benzene rings is 9. The first-order chi connectivity index (χ1) is 25.7. The van der Waals surface area contributed by atoms with Crippen LogP contribution in [0.1, 0.15) is 0 Å². The van der Waals surface area contributed by atoms with Crippen molar-refractivity contribution in [2.45, 2.75) is 0 Å². The van der Waals surface area contributed by atoms with Crippen molar-refractivity contribution in [2.24, 2.45) is 0 Å². The SMILES string of the molecule is c1ccc(-c2ccc3cc(-c4cccc(-c5nc(-c6ccc7ccccc7c6)nc(-c6cccc7c6ccc6ccccc67)n5)c4)ccc3c2)cc1. The van der Waals surface area contributed by atoms with Crippen LogP contribution in [0.3, 0.4) is 0 Å². The molecular weight excluding hydrogens is 631 g/mol. The summed E-state index contributed by atoms with van der Waals surface area (Å²) in [5.41, 5.74) is 7.56. The van der Waals surface area contributed by atoms with Gasteiger partial charge >= 0.3 is 0 Å². The van der Waals surface area contributed by atoms with E-state index in [0.717, 1.165) is 38.6 Å². The monoisotopic (exact) mass is 661 g/mol. The zero-order valence-electron chi connectivity index (χ0n) is 28.2. The minimum Gasteiger partial charge on any atom is -0.208 e. The van der Waals surface area contributed by atoms with Crippen LogP contribution in [0.4, 0.5) is 0 Å². The van der Waals surface area contributed by atoms with Gasteiger partial charge in [-0.2, -0.15) is 0 Å². The van der Waals surface area contributed by atoms with Crippen molar-refractivity contribution >= 4 is 43.1 Å². The smallest absolute Gasteiger partial charge is 0.164 e. The Morgan fingerprint density at radius 2 is 0.712 bits per heavy atom. The summed E-state index contributed by atoms with van der Waals surface area (Å²) in [7, 11) is 0. The van der Waals surface area contributed by atoms with Crippen LogP contribution in [-0.4, -0.2) is 15.0 Å². The van der Waals surface area contributed by atoms with E-state index in [0.29, 0.717) is 17.5 Å². The molecule has 0 unspecified atom stereocenters. The summed E-state index contributed by atoms with van der Waals surface area (Å²) < 4.78 is 0. The lowest BCUT2D eigenvalue weighted by molar-refractivity contribution is 1.08. The number of fused-ring (bicyclic) bond motifs is 5. The van der Waals surface area contributed by atoms with Crippen molar-refractivity contribution in [2.75, 3.05) is 0 Å². The first kappa shape index (κ1) is 29.9. The van der Waals surface area contributed by atoms with Gasteiger partial charge in [-0.05, 0) is 89.6 Å². The molecule has 0 N–H and O–H groups in total. The molecule has 0 saturated heterocycles. The molecule has 0 bridgehead atoms. The van der Waals surface area contributed by atoms with E-state index < -0.39 is 0 Å². The second-order valence-electron chi connectivity index (χ2n) is 13.3. The Morgan fingerprint density at radius 1 is 0.231 bits per heavy atom. The van der Waals surface area contributed by atoms with Crippen LogP contribution in [-0.2, 0) is 0 Å². The second-order valence-corrected chi connectivity index (χ2v) is 13.3. The number of hydrogen-bond acceptors (Lipinski definition) is 3. The van der Waals surface area contributed by atoms with Crippen LogP contribution in [0.15, 0.2) is 188 Å². The number of aromatic nitrogens is 3. The topological polar surface area (TPSA) is 38.7 Å². The van der Waals surface area contributed by atoms with E-state index in [4.69, 9.17) is 15.0 Å². The van der Waals surface area contributed by atoms with Gasteiger partial charge in [-0.25, -0.2) is 15.0 Å². The van der Waals surface area contributed by atoms with Gasteiger partial charge in [0.1, 0.15) is 0 Å². The van der Waals surface area contributed by atoms with Gasteiger partial charge in [0.25, 0.3) is 0 Å². The van der Waals surface area contributed by atoms with E-state index in [2.05, 4.69) is 188 Å². The summed E-state index contributed by atoms with van der Waals surface area (Å²) in [5.74, 6) is 1.94. The summed E-state index contributed by atoms with van der Waals surface area (Å²) >= 11 is 0. The molecule has 0 atom stereocenters. The zero-order valence-corrected chi connectivity index (χ0v) is 28.2. The van der Waals surface area contributed by atoms with Crippen LogP contribution in [0.2, 0.25) is 0 Å². The normalized spacial score (nSPS) is 11.5. The van der Waals surface area contributed by atoms with Gasteiger partial charge < -0.3 is 0 Å². The third-order valence-corrected chi connectivity index (χ3v) is 10.1. The molecule has 0 saturated carbocycles. The summed E-state index contributed by atoms with van der Waals surface area (Å²) in [6.45, 7) is 0. The maximum atomic E-state index is 5.19. The molecule has 0 aliphatic rings. The third kappa shape index (κ3) is 5.37. The lowest BCUT2D eigenvalue weighted by atomic mass is 9.97.